The first-order valence-corrected chi connectivity index (χ1v) is 15.1. The molecule has 0 saturated heterocycles. The minimum absolute atomic E-state index is 0.00366. The lowest BCUT2D eigenvalue weighted by Crippen LogP contribution is -2.30. The second-order valence-electron chi connectivity index (χ2n) is 8.19. The van der Waals surface area contributed by atoms with E-state index < -0.39 is 19.7 Å². The number of sulfone groups is 2. The normalized spacial score (nSPS) is 12.2. The van der Waals surface area contributed by atoms with Crippen LogP contribution in [0, 0.1) is 6.92 Å². The van der Waals surface area contributed by atoms with E-state index in [1.165, 1.54) is 34.6 Å². The fourth-order valence-corrected chi connectivity index (χ4v) is 6.53. The molecule has 0 unspecified atom stereocenters. The fourth-order valence-electron chi connectivity index (χ4n) is 3.47. The first-order valence-electron chi connectivity index (χ1n) is 10.8. The molecule has 0 spiro atoms. The number of aryl methyl sites for hydroxylation is 1. The Hall–Kier alpha value is -3.02. The van der Waals surface area contributed by atoms with Gasteiger partial charge in [-0.15, -0.1) is 0 Å². The van der Waals surface area contributed by atoms with Crippen molar-refractivity contribution in [2.45, 2.75) is 36.1 Å². The fraction of sp³-hybridized carbons (Fsp3) is 0.250. The Morgan fingerprint density at radius 2 is 1.74 bits per heavy atom. The first-order chi connectivity index (χ1) is 16.5. The number of benzene rings is 2. The molecule has 184 valence electrons. The van der Waals surface area contributed by atoms with Gasteiger partial charge in [0.15, 0.2) is 24.8 Å². The zero-order valence-electron chi connectivity index (χ0n) is 19.2. The van der Waals surface area contributed by atoms with Crippen LogP contribution >= 0.6 is 11.3 Å². The molecule has 0 aliphatic heterocycles. The van der Waals surface area contributed by atoms with E-state index in [0.717, 1.165) is 11.8 Å². The Morgan fingerprint density at radius 3 is 2.40 bits per heavy atom. The maximum atomic E-state index is 13.2. The molecule has 0 fully saturated rings. The van der Waals surface area contributed by atoms with E-state index in [2.05, 4.69) is 4.98 Å². The van der Waals surface area contributed by atoms with Crippen molar-refractivity contribution in [2.24, 2.45) is 0 Å². The van der Waals surface area contributed by atoms with Crippen LogP contribution in [0.2, 0.25) is 0 Å². The Kier molecular flexibility index (Phi) is 7.11. The van der Waals surface area contributed by atoms with Crippen LogP contribution in [0.5, 0.6) is 0 Å². The summed E-state index contributed by atoms with van der Waals surface area (Å²) in [4.78, 5) is 19.6. The number of fused-ring (bicyclic) bond motifs is 1. The van der Waals surface area contributed by atoms with E-state index in [1.54, 1.807) is 42.5 Å². The highest BCUT2D eigenvalue weighted by Gasteiger charge is 2.23. The van der Waals surface area contributed by atoms with Crippen molar-refractivity contribution >= 4 is 52.3 Å². The number of amides is 1. The van der Waals surface area contributed by atoms with Crippen molar-refractivity contribution in [3.05, 3.63) is 72.2 Å². The second-order valence-corrected chi connectivity index (χ2v) is 13.3. The predicted octanol–water partition coefficient (Wildman–Crippen LogP) is 4.39. The third kappa shape index (κ3) is 5.98. The molecule has 0 aliphatic carbocycles. The third-order valence-corrected chi connectivity index (χ3v) is 9.35. The van der Waals surface area contributed by atoms with Crippen LogP contribution in [0.4, 0.5) is 5.13 Å². The van der Waals surface area contributed by atoms with Crippen molar-refractivity contribution < 1.29 is 26.0 Å². The third-order valence-electron chi connectivity index (χ3n) is 5.39. The summed E-state index contributed by atoms with van der Waals surface area (Å²) in [6, 6.07) is 14.7. The predicted molar refractivity (Wildman–Crippen MR) is 135 cm³/mol. The van der Waals surface area contributed by atoms with Crippen LogP contribution < -0.4 is 4.90 Å². The van der Waals surface area contributed by atoms with Gasteiger partial charge in [0.05, 0.1) is 38.6 Å². The molecule has 1 amide bonds. The molecule has 0 saturated carbocycles. The summed E-state index contributed by atoms with van der Waals surface area (Å²) >= 11 is 1.19. The summed E-state index contributed by atoms with van der Waals surface area (Å²) < 4.78 is 55.2. The molecule has 8 nitrogen and oxygen atoms in total. The molecule has 2 heterocycles. The van der Waals surface area contributed by atoms with Crippen LogP contribution in [0.3, 0.4) is 0 Å². The number of carbonyl (C=O) groups excluding carboxylic acids is 1. The minimum Gasteiger partial charge on any atom is -0.467 e. The highest BCUT2D eigenvalue weighted by molar-refractivity contribution is 7.91. The summed E-state index contributed by atoms with van der Waals surface area (Å²) in [6.07, 6.45) is 2.78. The molecule has 0 aliphatic rings. The van der Waals surface area contributed by atoms with Crippen molar-refractivity contribution in [2.75, 3.05) is 16.9 Å². The number of hydrogen-bond acceptors (Lipinski definition) is 8. The van der Waals surface area contributed by atoms with Crippen molar-refractivity contribution in [1.29, 1.82) is 0 Å². The van der Waals surface area contributed by atoms with Gasteiger partial charge in [-0.3, -0.25) is 9.69 Å². The zero-order valence-corrected chi connectivity index (χ0v) is 21.6. The van der Waals surface area contributed by atoms with Crippen molar-refractivity contribution in [3.63, 3.8) is 0 Å². The average Bonchev–Trinajstić information content (AvgIpc) is 3.46. The Labute approximate surface area is 208 Å². The largest absolute Gasteiger partial charge is 0.467 e. The molecule has 11 heteroatoms. The van der Waals surface area contributed by atoms with Gasteiger partial charge < -0.3 is 4.42 Å². The zero-order chi connectivity index (χ0) is 25.2. The number of nitrogens with zero attached hydrogens (tertiary/aromatic N) is 2. The first kappa shape index (κ1) is 25.1. The molecular formula is C24H24N2O6S3. The van der Waals surface area contributed by atoms with Crippen molar-refractivity contribution in [3.8, 4) is 0 Å². The maximum absolute atomic E-state index is 13.2. The van der Waals surface area contributed by atoms with Gasteiger partial charge in [-0.05, 0) is 55.8 Å². The SMILES string of the molecule is Cc1ccc(S(=O)(=O)CCCC(=O)N(Cc2ccco2)c2nc3ccc(S(C)(=O)=O)cc3s2)cc1. The lowest BCUT2D eigenvalue weighted by Gasteiger charge is -2.18. The van der Waals surface area contributed by atoms with Crippen molar-refractivity contribution in [1.82, 2.24) is 4.98 Å². The van der Waals surface area contributed by atoms with E-state index in [1.807, 2.05) is 6.92 Å². The highest BCUT2D eigenvalue weighted by atomic mass is 32.2. The van der Waals surface area contributed by atoms with Crippen LogP contribution in [-0.2, 0) is 31.0 Å². The van der Waals surface area contributed by atoms with Crippen LogP contribution in [0.15, 0.2) is 75.1 Å². The summed E-state index contributed by atoms with van der Waals surface area (Å²) in [5, 5.41) is 0.383. The second kappa shape index (κ2) is 9.92. The molecule has 0 bridgehead atoms. The summed E-state index contributed by atoms with van der Waals surface area (Å²) in [6.45, 7) is 2.00. The van der Waals surface area contributed by atoms with Gasteiger partial charge in [-0.2, -0.15) is 0 Å². The Morgan fingerprint density at radius 1 is 1.03 bits per heavy atom. The molecule has 35 heavy (non-hydrogen) atoms. The Balaban J connectivity index is 1.54. The van der Waals surface area contributed by atoms with Gasteiger partial charge in [0.2, 0.25) is 5.91 Å². The number of furan rings is 1. The van der Waals surface area contributed by atoms with Crippen LogP contribution in [-0.4, -0.2) is 39.7 Å². The molecule has 4 rings (SSSR count). The summed E-state index contributed by atoms with van der Waals surface area (Å²) in [5.41, 5.74) is 1.53. The van der Waals surface area contributed by atoms with Crippen LogP contribution in [0.25, 0.3) is 10.2 Å². The maximum Gasteiger partial charge on any atom is 0.229 e. The van der Waals surface area contributed by atoms with E-state index >= 15 is 0 Å². The molecule has 2 aromatic carbocycles. The van der Waals surface area contributed by atoms with Crippen LogP contribution in [0.1, 0.15) is 24.2 Å². The number of anilines is 1. The quantitative estimate of drug-likeness (QED) is 0.314. The number of rotatable bonds is 9. The van der Waals surface area contributed by atoms with Gasteiger partial charge >= 0.3 is 0 Å². The topological polar surface area (TPSA) is 115 Å². The minimum atomic E-state index is -3.51. The lowest BCUT2D eigenvalue weighted by atomic mass is 10.2. The standard InChI is InChI=1S/C24H24N2O6S3/c1-17-7-9-19(10-8-17)35(30,31)14-4-6-23(27)26(16-18-5-3-13-32-18)24-25-21-12-11-20(34(2,28)29)15-22(21)33-24/h3,5,7-13,15H,4,6,14,16H2,1-2H3. The van der Waals surface area contributed by atoms with E-state index in [4.69, 9.17) is 4.42 Å². The molecule has 0 radical (unpaired) electrons. The monoisotopic (exact) mass is 532 g/mol. The average molecular weight is 533 g/mol. The number of aromatic nitrogens is 1. The molecular weight excluding hydrogens is 508 g/mol. The number of hydrogen-bond donors (Lipinski definition) is 0. The molecule has 4 aromatic rings. The van der Waals surface area contributed by atoms with Gasteiger partial charge in [0.1, 0.15) is 5.76 Å². The summed E-state index contributed by atoms with van der Waals surface area (Å²) in [5.74, 6) is 0.0816. The molecule has 0 N–H and O–H groups in total. The number of thiazole rings is 1. The van der Waals surface area contributed by atoms with E-state index in [-0.39, 0.29) is 40.8 Å². The Bertz CT molecular complexity index is 1560. The lowest BCUT2D eigenvalue weighted by molar-refractivity contribution is -0.118. The van der Waals surface area contributed by atoms with Gasteiger partial charge in [0, 0.05) is 12.7 Å². The van der Waals surface area contributed by atoms with Gasteiger partial charge in [-0.25, -0.2) is 21.8 Å². The number of carbonyl (C=O) groups is 1. The highest BCUT2D eigenvalue weighted by Crippen LogP contribution is 2.32. The van der Waals surface area contributed by atoms with Gasteiger partial charge in [0.25, 0.3) is 0 Å². The smallest absolute Gasteiger partial charge is 0.229 e. The van der Waals surface area contributed by atoms with E-state index in [9.17, 15) is 21.6 Å². The molecule has 0 atom stereocenters. The molecule has 2 aromatic heterocycles. The van der Waals surface area contributed by atoms with Gasteiger partial charge in [-0.1, -0.05) is 29.0 Å². The summed E-state index contributed by atoms with van der Waals surface area (Å²) in [7, 11) is -6.90. The van der Waals surface area contributed by atoms with E-state index in [0.29, 0.717) is 21.1 Å².